The van der Waals surface area contributed by atoms with Crippen molar-refractivity contribution in [3.8, 4) is 11.8 Å². The van der Waals surface area contributed by atoms with Gasteiger partial charge < -0.3 is 11.1 Å². The molecule has 0 aliphatic heterocycles. The quantitative estimate of drug-likeness (QED) is 0.838. The highest BCUT2D eigenvalue weighted by Gasteiger charge is 2.08. The van der Waals surface area contributed by atoms with Crippen LogP contribution in [0.3, 0.4) is 0 Å². The number of halogens is 2. The summed E-state index contributed by atoms with van der Waals surface area (Å²) in [4.78, 5) is 12.0. The Morgan fingerprint density at radius 2 is 2.10 bits per heavy atom. The van der Waals surface area contributed by atoms with E-state index in [-0.39, 0.29) is 12.1 Å². The molecule has 0 bridgehead atoms. The predicted octanol–water partition coefficient (Wildman–Crippen LogP) is 3.04. The van der Waals surface area contributed by atoms with E-state index >= 15 is 0 Å². The van der Waals surface area contributed by atoms with Gasteiger partial charge in [0.1, 0.15) is 5.82 Å². The van der Waals surface area contributed by atoms with E-state index in [2.05, 4.69) is 17.2 Å². The van der Waals surface area contributed by atoms with Crippen LogP contribution in [0.15, 0.2) is 42.5 Å². The number of amides is 1. The number of anilines is 1. The third kappa shape index (κ3) is 4.06. The van der Waals surface area contributed by atoms with Gasteiger partial charge in [-0.25, -0.2) is 4.39 Å². The normalized spacial score (nSPS) is 9.67. The van der Waals surface area contributed by atoms with E-state index in [0.717, 1.165) is 0 Å². The van der Waals surface area contributed by atoms with Crippen molar-refractivity contribution >= 4 is 23.2 Å². The van der Waals surface area contributed by atoms with E-state index in [0.29, 0.717) is 16.3 Å². The van der Waals surface area contributed by atoms with Gasteiger partial charge in [0.15, 0.2) is 0 Å². The van der Waals surface area contributed by atoms with Gasteiger partial charge in [0, 0.05) is 16.8 Å². The van der Waals surface area contributed by atoms with Gasteiger partial charge in [-0.1, -0.05) is 29.5 Å². The maximum atomic E-state index is 13.1. The fraction of sp³-hybridized carbons (Fsp3) is 0.0625. The molecule has 0 fully saturated rings. The summed E-state index contributed by atoms with van der Waals surface area (Å²) in [5.74, 6) is 4.64. The molecule has 0 saturated heterocycles. The molecule has 21 heavy (non-hydrogen) atoms. The molecule has 1 amide bonds. The van der Waals surface area contributed by atoms with E-state index in [9.17, 15) is 9.18 Å². The Balaban J connectivity index is 2.21. The van der Waals surface area contributed by atoms with Crippen LogP contribution in [0.2, 0.25) is 5.02 Å². The Kier molecular flexibility index (Phi) is 4.94. The third-order valence-electron chi connectivity index (χ3n) is 2.64. The van der Waals surface area contributed by atoms with Crippen LogP contribution in [0, 0.1) is 17.7 Å². The Morgan fingerprint density at radius 1 is 1.29 bits per heavy atom. The summed E-state index contributed by atoms with van der Waals surface area (Å²) in [6.07, 6.45) is 0. The van der Waals surface area contributed by atoms with Gasteiger partial charge >= 0.3 is 0 Å². The van der Waals surface area contributed by atoms with Gasteiger partial charge in [-0.2, -0.15) is 0 Å². The Bertz CT molecular complexity index is 735. The average Bonchev–Trinajstić information content (AvgIpc) is 2.47. The second-order valence-corrected chi connectivity index (χ2v) is 4.57. The number of nitrogens with two attached hydrogens (primary N) is 1. The first-order chi connectivity index (χ1) is 10.1. The first-order valence-corrected chi connectivity index (χ1v) is 6.53. The molecule has 0 atom stereocenters. The fourth-order valence-corrected chi connectivity index (χ4v) is 1.84. The summed E-state index contributed by atoms with van der Waals surface area (Å²) in [7, 11) is 0. The van der Waals surface area contributed by atoms with E-state index in [4.69, 9.17) is 17.3 Å². The summed E-state index contributed by atoms with van der Waals surface area (Å²) in [6.45, 7) is 0.218. The SMILES string of the molecule is NCC#Cc1cc(NC(=O)c2cccc(F)c2)ccc1Cl. The van der Waals surface area contributed by atoms with Crippen LogP contribution in [0.1, 0.15) is 15.9 Å². The summed E-state index contributed by atoms with van der Waals surface area (Å²) >= 11 is 6.00. The lowest BCUT2D eigenvalue weighted by Gasteiger charge is -2.06. The number of benzene rings is 2. The van der Waals surface area contributed by atoms with Crippen LogP contribution in [0.5, 0.6) is 0 Å². The van der Waals surface area contributed by atoms with Crippen LogP contribution in [0.25, 0.3) is 0 Å². The molecule has 0 saturated carbocycles. The number of nitrogens with one attached hydrogen (secondary N) is 1. The average molecular weight is 303 g/mol. The van der Waals surface area contributed by atoms with Crippen LogP contribution < -0.4 is 11.1 Å². The highest BCUT2D eigenvalue weighted by molar-refractivity contribution is 6.31. The van der Waals surface area contributed by atoms with Crippen molar-refractivity contribution in [2.75, 3.05) is 11.9 Å². The summed E-state index contributed by atoms with van der Waals surface area (Å²) in [5, 5.41) is 3.14. The molecular formula is C16H12ClFN2O. The number of carbonyl (C=O) groups is 1. The lowest BCUT2D eigenvalue weighted by atomic mass is 10.1. The predicted molar refractivity (Wildman–Crippen MR) is 81.7 cm³/mol. The molecule has 106 valence electrons. The van der Waals surface area contributed by atoms with Crippen LogP contribution >= 0.6 is 11.6 Å². The maximum absolute atomic E-state index is 13.1. The van der Waals surface area contributed by atoms with E-state index in [1.807, 2.05) is 0 Å². The van der Waals surface area contributed by atoms with Crippen molar-refractivity contribution in [3.63, 3.8) is 0 Å². The zero-order chi connectivity index (χ0) is 15.2. The van der Waals surface area contributed by atoms with Gasteiger partial charge in [-0.15, -0.1) is 0 Å². The molecule has 2 rings (SSSR count). The number of hydrogen-bond donors (Lipinski definition) is 2. The van der Waals surface area contributed by atoms with Gasteiger partial charge in [0.05, 0.1) is 11.6 Å². The molecule has 2 aromatic carbocycles. The van der Waals surface area contributed by atoms with Crippen LogP contribution in [-0.4, -0.2) is 12.5 Å². The molecular weight excluding hydrogens is 291 g/mol. The van der Waals surface area contributed by atoms with Gasteiger partial charge in [-0.05, 0) is 36.4 Å². The molecule has 3 N–H and O–H groups in total. The Hall–Kier alpha value is -2.35. The summed E-state index contributed by atoms with van der Waals surface area (Å²) in [6, 6.07) is 10.4. The topological polar surface area (TPSA) is 55.1 Å². The van der Waals surface area contributed by atoms with Crippen molar-refractivity contribution < 1.29 is 9.18 Å². The minimum atomic E-state index is -0.465. The first-order valence-electron chi connectivity index (χ1n) is 6.15. The number of hydrogen-bond acceptors (Lipinski definition) is 2. The summed E-state index contributed by atoms with van der Waals surface area (Å²) < 4.78 is 13.1. The minimum Gasteiger partial charge on any atom is -0.322 e. The molecule has 0 unspecified atom stereocenters. The molecule has 5 heteroatoms. The van der Waals surface area contributed by atoms with Gasteiger partial charge in [-0.3, -0.25) is 4.79 Å². The van der Waals surface area contributed by atoms with Crippen molar-refractivity contribution in [1.82, 2.24) is 0 Å². The standard InChI is InChI=1S/C16H12ClFN2O/c17-15-7-6-14(10-11(15)4-2-8-19)20-16(21)12-3-1-5-13(18)9-12/h1,3,5-7,9-10H,8,19H2,(H,20,21). The van der Waals surface area contributed by atoms with Crippen molar-refractivity contribution in [2.45, 2.75) is 0 Å². The molecule has 0 aromatic heterocycles. The van der Waals surface area contributed by atoms with Crippen LogP contribution in [0.4, 0.5) is 10.1 Å². The van der Waals surface area contributed by atoms with Gasteiger partial charge in [0.2, 0.25) is 0 Å². The minimum absolute atomic E-state index is 0.218. The number of carbonyl (C=O) groups excluding carboxylic acids is 1. The molecule has 2 aromatic rings. The Labute approximate surface area is 126 Å². The first kappa shape index (κ1) is 15.0. The molecule has 3 nitrogen and oxygen atoms in total. The molecule has 0 heterocycles. The van der Waals surface area contributed by atoms with E-state index in [1.165, 1.54) is 24.3 Å². The summed E-state index contributed by atoms with van der Waals surface area (Å²) in [5.41, 5.74) is 6.64. The largest absolute Gasteiger partial charge is 0.322 e. The smallest absolute Gasteiger partial charge is 0.255 e. The van der Waals surface area contributed by atoms with Crippen molar-refractivity contribution in [2.24, 2.45) is 5.73 Å². The highest BCUT2D eigenvalue weighted by Crippen LogP contribution is 2.20. The third-order valence-corrected chi connectivity index (χ3v) is 2.97. The lowest BCUT2D eigenvalue weighted by Crippen LogP contribution is -2.12. The zero-order valence-corrected chi connectivity index (χ0v) is 11.7. The maximum Gasteiger partial charge on any atom is 0.255 e. The van der Waals surface area contributed by atoms with Crippen LogP contribution in [-0.2, 0) is 0 Å². The molecule has 0 radical (unpaired) electrons. The molecule has 0 aliphatic carbocycles. The van der Waals surface area contributed by atoms with Crippen molar-refractivity contribution in [1.29, 1.82) is 0 Å². The highest BCUT2D eigenvalue weighted by atomic mass is 35.5. The van der Waals surface area contributed by atoms with E-state index in [1.54, 1.807) is 18.2 Å². The van der Waals surface area contributed by atoms with E-state index < -0.39 is 11.7 Å². The lowest BCUT2D eigenvalue weighted by molar-refractivity contribution is 0.102. The second kappa shape index (κ2) is 6.89. The van der Waals surface area contributed by atoms with Crippen molar-refractivity contribution in [3.05, 3.63) is 64.4 Å². The Morgan fingerprint density at radius 3 is 2.81 bits per heavy atom. The molecule has 0 aliphatic rings. The second-order valence-electron chi connectivity index (χ2n) is 4.16. The zero-order valence-electron chi connectivity index (χ0n) is 11.0. The fourth-order valence-electron chi connectivity index (χ4n) is 1.68. The number of rotatable bonds is 2. The van der Waals surface area contributed by atoms with Gasteiger partial charge in [0.25, 0.3) is 5.91 Å². The molecule has 0 spiro atoms. The monoisotopic (exact) mass is 302 g/mol.